The normalized spacial score (nSPS) is 16.1. The minimum absolute atomic E-state index is 0.0813. The minimum atomic E-state index is -0.695. The first-order valence-corrected chi connectivity index (χ1v) is 8.98. The van der Waals surface area contributed by atoms with E-state index in [4.69, 9.17) is 4.74 Å². The van der Waals surface area contributed by atoms with Gasteiger partial charge in [-0.3, -0.25) is 9.59 Å². The van der Waals surface area contributed by atoms with Crippen LogP contribution in [-0.2, 0) is 20.9 Å². The van der Waals surface area contributed by atoms with Crippen molar-refractivity contribution in [1.29, 1.82) is 0 Å². The first-order chi connectivity index (χ1) is 13.1. The fourth-order valence-electron chi connectivity index (χ4n) is 3.26. The molecule has 2 amide bonds. The molecule has 1 fully saturated rings. The first kappa shape index (κ1) is 19.0. The Kier molecular flexibility index (Phi) is 6.19. The van der Waals surface area contributed by atoms with Gasteiger partial charge in [0.1, 0.15) is 5.82 Å². The van der Waals surface area contributed by atoms with Crippen LogP contribution in [0.5, 0.6) is 0 Å². The quantitative estimate of drug-likeness (QED) is 0.813. The number of benzene rings is 2. The molecule has 1 aliphatic rings. The standard InChI is InChI=1S/C21H23FN2O3/c1-27-20(16-7-3-2-4-8-16)21(26)23-12-11-19(25)24(14-13-23)15-17-9-5-6-10-18(17)22/h2-10,20H,11-15H2,1H3/t20-/m0/s1. The molecule has 0 saturated carbocycles. The topological polar surface area (TPSA) is 49.9 Å². The molecule has 0 aromatic heterocycles. The Morgan fingerprint density at radius 2 is 1.78 bits per heavy atom. The zero-order valence-electron chi connectivity index (χ0n) is 15.3. The number of rotatable bonds is 5. The number of ether oxygens (including phenoxy) is 1. The van der Waals surface area contributed by atoms with Crippen molar-refractivity contribution < 1.29 is 18.7 Å². The van der Waals surface area contributed by atoms with Gasteiger partial charge in [0.25, 0.3) is 5.91 Å². The maximum Gasteiger partial charge on any atom is 0.256 e. The number of carbonyl (C=O) groups excluding carboxylic acids is 2. The Balaban J connectivity index is 1.69. The van der Waals surface area contributed by atoms with Crippen molar-refractivity contribution in [2.24, 2.45) is 0 Å². The molecule has 2 aromatic carbocycles. The molecule has 1 atom stereocenters. The van der Waals surface area contributed by atoms with Crippen molar-refractivity contribution in [2.75, 3.05) is 26.7 Å². The van der Waals surface area contributed by atoms with Crippen molar-refractivity contribution in [1.82, 2.24) is 9.80 Å². The number of methoxy groups -OCH3 is 1. The number of carbonyl (C=O) groups is 2. The monoisotopic (exact) mass is 370 g/mol. The van der Waals surface area contributed by atoms with E-state index in [0.717, 1.165) is 5.56 Å². The molecule has 0 radical (unpaired) electrons. The Morgan fingerprint density at radius 3 is 2.48 bits per heavy atom. The van der Waals surface area contributed by atoms with Gasteiger partial charge in [-0.05, 0) is 11.6 Å². The Bertz CT molecular complexity index is 797. The summed E-state index contributed by atoms with van der Waals surface area (Å²) in [5.41, 5.74) is 1.26. The lowest BCUT2D eigenvalue weighted by Crippen LogP contribution is -2.38. The molecule has 5 nitrogen and oxygen atoms in total. The fraction of sp³-hybridized carbons (Fsp3) is 0.333. The highest BCUT2D eigenvalue weighted by Gasteiger charge is 2.29. The third kappa shape index (κ3) is 4.52. The molecule has 0 bridgehead atoms. The first-order valence-electron chi connectivity index (χ1n) is 8.98. The van der Waals surface area contributed by atoms with Crippen molar-refractivity contribution in [3.63, 3.8) is 0 Å². The van der Waals surface area contributed by atoms with Crippen molar-refractivity contribution in [3.8, 4) is 0 Å². The second-order valence-electron chi connectivity index (χ2n) is 6.51. The van der Waals surface area contributed by atoms with Crippen LogP contribution in [0.15, 0.2) is 54.6 Å². The number of hydrogen-bond acceptors (Lipinski definition) is 3. The lowest BCUT2D eigenvalue weighted by atomic mass is 10.1. The molecular weight excluding hydrogens is 347 g/mol. The zero-order chi connectivity index (χ0) is 19.2. The number of halogens is 1. The van der Waals surface area contributed by atoms with E-state index in [-0.39, 0.29) is 30.6 Å². The summed E-state index contributed by atoms with van der Waals surface area (Å²) in [6.07, 6.45) is -0.481. The van der Waals surface area contributed by atoms with Crippen LogP contribution < -0.4 is 0 Å². The van der Waals surface area contributed by atoms with Crippen LogP contribution in [-0.4, -0.2) is 48.4 Å². The summed E-state index contributed by atoms with van der Waals surface area (Å²) in [4.78, 5) is 28.6. The van der Waals surface area contributed by atoms with Crippen molar-refractivity contribution in [3.05, 3.63) is 71.5 Å². The van der Waals surface area contributed by atoms with Crippen LogP contribution in [0.25, 0.3) is 0 Å². The highest BCUT2D eigenvalue weighted by Crippen LogP contribution is 2.21. The van der Waals surface area contributed by atoms with Crippen LogP contribution in [0.4, 0.5) is 4.39 Å². The average Bonchev–Trinajstić information content (AvgIpc) is 2.87. The third-order valence-corrected chi connectivity index (χ3v) is 4.78. The molecular formula is C21H23FN2O3. The van der Waals surface area contributed by atoms with Gasteiger partial charge < -0.3 is 14.5 Å². The largest absolute Gasteiger partial charge is 0.367 e. The predicted molar refractivity (Wildman–Crippen MR) is 99.2 cm³/mol. The van der Waals surface area contributed by atoms with Crippen LogP contribution in [0.1, 0.15) is 23.7 Å². The highest BCUT2D eigenvalue weighted by molar-refractivity contribution is 5.84. The second kappa shape index (κ2) is 8.77. The van der Waals surface area contributed by atoms with Gasteiger partial charge >= 0.3 is 0 Å². The average molecular weight is 370 g/mol. The summed E-state index contributed by atoms with van der Waals surface area (Å²) in [7, 11) is 1.50. The van der Waals surface area contributed by atoms with Gasteiger partial charge in [-0.15, -0.1) is 0 Å². The molecule has 3 rings (SSSR count). The molecule has 142 valence electrons. The third-order valence-electron chi connectivity index (χ3n) is 4.78. The van der Waals surface area contributed by atoms with E-state index in [1.165, 1.54) is 13.2 Å². The van der Waals surface area contributed by atoms with Crippen LogP contribution in [0.2, 0.25) is 0 Å². The van der Waals surface area contributed by atoms with Crippen LogP contribution in [0, 0.1) is 5.82 Å². The van der Waals surface area contributed by atoms with Gasteiger partial charge in [-0.2, -0.15) is 0 Å². The van der Waals surface area contributed by atoms with E-state index in [0.29, 0.717) is 25.2 Å². The number of amides is 2. The summed E-state index contributed by atoms with van der Waals surface area (Å²) in [5, 5.41) is 0. The van der Waals surface area contributed by atoms with Crippen molar-refractivity contribution in [2.45, 2.75) is 19.1 Å². The highest BCUT2D eigenvalue weighted by atomic mass is 19.1. The van der Waals surface area contributed by atoms with Crippen molar-refractivity contribution >= 4 is 11.8 Å². The summed E-state index contributed by atoms with van der Waals surface area (Å²) in [6.45, 7) is 1.30. The van der Waals surface area contributed by atoms with E-state index in [9.17, 15) is 14.0 Å². The van der Waals surface area contributed by atoms with E-state index in [1.54, 1.807) is 28.0 Å². The molecule has 0 N–H and O–H groups in total. The molecule has 1 aliphatic heterocycles. The Labute approximate surface area is 158 Å². The summed E-state index contributed by atoms with van der Waals surface area (Å²) in [6, 6.07) is 15.7. The number of nitrogens with zero attached hydrogens (tertiary/aromatic N) is 2. The Morgan fingerprint density at radius 1 is 1.07 bits per heavy atom. The second-order valence-corrected chi connectivity index (χ2v) is 6.51. The molecule has 0 spiro atoms. The van der Waals surface area contributed by atoms with Crippen LogP contribution >= 0.6 is 0 Å². The van der Waals surface area contributed by atoms with Gasteiger partial charge in [-0.1, -0.05) is 48.5 Å². The molecule has 6 heteroatoms. The molecule has 1 heterocycles. The van der Waals surface area contributed by atoms with E-state index in [1.807, 2.05) is 30.3 Å². The lowest BCUT2D eigenvalue weighted by Gasteiger charge is -2.26. The van der Waals surface area contributed by atoms with Crippen LogP contribution in [0.3, 0.4) is 0 Å². The summed E-state index contributed by atoms with van der Waals surface area (Å²) < 4.78 is 19.3. The van der Waals surface area contributed by atoms with Gasteiger partial charge in [-0.25, -0.2) is 4.39 Å². The maximum absolute atomic E-state index is 13.9. The lowest BCUT2D eigenvalue weighted by molar-refractivity contribution is -0.142. The number of hydrogen-bond donors (Lipinski definition) is 0. The zero-order valence-corrected chi connectivity index (χ0v) is 15.3. The van der Waals surface area contributed by atoms with Gasteiger partial charge in [0.15, 0.2) is 6.10 Å². The summed E-state index contributed by atoms with van der Waals surface area (Å²) in [5.74, 6) is -0.572. The maximum atomic E-state index is 13.9. The molecule has 0 unspecified atom stereocenters. The molecule has 0 aliphatic carbocycles. The molecule has 2 aromatic rings. The van der Waals surface area contributed by atoms with E-state index in [2.05, 4.69) is 0 Å². The summed E-state index contributed by atoms with van der Waals surface area (Å²) >= 11 is 0. The van der Waals surface area contributed by atoms with Gasteiger partial charge in [0.05, 0.1) is 0 Å². The fourth-order valence-corrected chi connectivity index (χ4v) is 3.26. The molecule has 27 heavy (non-hydrogen) atoms. The predicted octanol–water partition coefficient (Wildman–Crippen LogP) is 2.77. The SMILES string of the molecule is CO[C@H](C(=O)N1CCC(=O)N(Cc2ccccc2F)CC1)c1ccccc1. The van der Waals surface area contributed by atoms with Gasteiger partial charge in [0, 0.05) is 45.3 Å². The Hall–Kier alpha value is -2.73. The smallest absolute Gasteiger partial charge is 0.256 e. The van der Waals surface area contributed by atoms with E-state index < -0.39 is 6.10 Å². The van der Waals surface area contributed by atoms with Gasteiger partial charge in [0.2, 0.25) is 5.91 Å². The van der Waals surface area contributed by atoms with E-state index >= 15 is 0 Å². The molecule has 1 saturated heterocycles. The minimum Gasteiger partial charge on any atom is -0.367 e.